The highest BCUT2D eigenvalue weighted by Gasteiger charge is 2.63. The van der Waals surface area contributed by atoms with Crippen LogP contribution in [0.1, 0.15) is 134 Å². The summed E-state index contributed by atoms with van der Waals surface area (Å²) in [7, 11) is 0. The van der Waals surface area contributed by atoms with Crippen molar-refractivity contribution in [1.82, 2.24) is 0 Å². The highest BCUT2D eigenvalue weighted by Crippen LogP contribution is 2.69. The second-order valence-corrected chi connectivity index (χ2v) is 17.6. The van der Waals surface area contributed by atoms with Crippen LogP contribution < -0.4 is 0 Å². The third-order valence-corrected chi connectivity index (χ3v) is 14.4. The fourth-order valence-electron chi connectivity index (χ4n) is 11.8. The summed E-state index contributed by atoms with van der Waals surface area (Å²) in [6, 6.07) is 17.1. The van der Waals surface area contributed by atoms with Crippen molar-refractivity contribution in [3.05, 3.63) is 70.8 Å². The summed E-state index contributed by atoms with van der Waals surface area (Å²) >= 11 is 0. The molecule has 4 aliphatic carbocycles. The first-order chi connectivity index (χ1) is 22.5. The molecule has 0 aromatic heterocycles. The quantitative estimate of drug-likeness (QED) is 0.184. The van der Waals surface area contributed by atoms with Crippen LogP contribution in [0.15, 0.2) is 48.5 Å². The minimum atomic E-state index is -0.311. The van der Waals surface area contributed by atoms with Crippen LogP contribution in [0.25, 0.3) is 0 Å². The number of hydrogen-bond donors (Lipinski definition) is 1. The molecule has 2 aromatic rings. The Bertz CT molecular complexity index is 1290. The molecule has 260 valence electrons. The molecule has 0 radical (unpaired) electrons. The van der Waals surface area contributed by atoms with E-state index >= 15 is 0 Å². The van der Waals surface area contributed by atoms with E-state index in [-0.39, 0.29) is 23.5 Å². The van der Waals surface area contributed by atoms with E-state index in [2.05, 4.69) is 97.0 Å². The van der Waals surface area contributed by atoms with Crippen LogP contribution in [0.5, 0.6) is 0 Å². The van der Waals surface area contributed by atoms with E-state index in [1.54, 1.807) is 0 Å². The molecule has 0 spiro atoms. The maximum Gasteiger partial charge on any atom is 0.120 e. The van der Waals surface area contributed by atoms with Gasteiger partial charge < -0.3 is 0 Å². The molecule has 2 aromatic carbocycles. The van der Waals surface area contributed by atoms with E-state index in [1.807, 2.05) is 0 Å². The van der Waals surface area contributed by atoms with Gasteiger partial charge in [-0.1, -0.05) is 114 Å². The summed E-state index contributed by atoms with van der Waals surface area (Å²) in [4.78, 5) is 18.1. The molecule has 0 bridgehead atoms. The van der Waals surface area contributed by atoms with Crippen LogP contribution in [0, 0.1) is 72.0 Å². The fraction of sp³-hybridized carbons (Fsp3) is 0.721. The van der Waals surface area contributed by atoms with Crippen molar-refractivity contribution in [3.8, 4) is 0 Å². The molecule has 0 amide bonds. The van der Waals surface area contributed by atoms with E-state index in [9.17, 15) is 5.26 Å². The lowest BCUT2D eigenvalue weighted by Gasteiger charge is -2.63. The second kappa shape index (κ2) is 14.6. The van der Waals surface area contributed by atoms with Gasteiger partial charge in [0, 0.05) is 0 Å². The molecular weight excluding hydrogens is 580 g/mol. The number of benzene rings is 2. The minimum absolute atomic E-state index is 0.0525. The number of fused-ring (bicyclic) bond motifs is 5. The first kappa shape index (κ1) is 35.1. The molecule has 0 aliphatic heterocycles. The zero-order valence-electron chi connectivity index (χ0n) is 30.5. The van der Waals surface area contributed by atoms with Crippen molar-refractivity contribution in [3.63, 3.8) is 0 Å². The average molecular weight is 645 g/mol. The van der Waals surface area contributed by atoms with Crippen molar-refractivity contribution < 1.29 is 19.9 Å². The predicted octanol–water partition coefficient (Wildman–Crippen LogP) is 11.7. The Labute approximate surface area is 286 Å². The van der Waals surface area contributed by atoms with Gasteiger partial charge in [0.05, 0.1) is 6.10 Å². The van der Waals surface area contributed by atoms with E-state index in [1.165, 1.54) is 56.1 Å². The molecule has 4 aliphatic rings. The summed E-state index contributed by atoms with van der Waals surface area (Å²) in [5.74, 6) is 5.27. The minimum Gasteiger partial charge on any atom is -0.251 e. The molecule has 11 unspecified atom stereocenters. The van der Waals surface area contributed by atoms with Gasteiger partial charge in [-0.05, 0) is 135 Å². The van der Waals surface area contributed by atoms with Crippen LogP contribution >= 0.6 is 0 Å². The molecule has 1 N–H and O–H groups in total. The van der Waals surface area contributed by atoms with E-state index in [0.717, 1.165) is 66.4 Å². The summed E-state index contributed by atoms with van der Waals surface area (Å²) in [6.45, 7) is 17.3. The Morgan fingerprint density at radius 3 is 2.11 bits per heavy atom. The van der Waals surface area contributed by atoms with Gasteiger partial charge in [0.15, 0.2) is 0 Å². The van der Waals surface area contributed by atoms with Crippen LogP contribution in [-0.2, 0) is 21.3 Å². The lowest BCUT2D eigenvalue weighted by Crippen LogP contribution is -2.58. The monoisotopic (exact) mass is 644 g/mol. The Kier molecular flexibility index (Phi) is 10.9. The molecule has 4 saturated carbocycles. The standard InChI is InChI=1S/C43H64O4/c1-28(2)9-8-10-31(5)36-19-20-37-35-26-40(47-45-27-32-15-11-29(3)12-16-32)39-25-34(41(46-44)33-17-13-30(4)14-18-33)21-23-43(39,7)38(35)22-24-42(36,37)6/h11-18,28,31,34-41,44H,8-10,19-27H2,1-7H3. The van der Waals surface area contributed by atoms with E-state index in [4.69, 9.17) is 14.7 Å². The number of hydrogen-bond acceptors (Lipinski definition) is 4. The van der Waals surface area contributed by atoms with Crippen molar-refractivity contribution in [2.24, 2.45) is 58.2 Å². The lowest BCUT2D eigenvalue weighted by molar-refractivity contribution is -0.368. The van der Waals surface area contributed by atoms with Crippen LogP contribution in [0.3, 0.4) is 0 Å². The summed E-state index contributed by atoms with van der Waals surface area (Å²) < 4.78 is 0. The molecule has 6 rings (SSSR count). The second-order valence-electron chi connectivity index (χ2n) is 17.6. The summed E-state index contributed by atoms with van der Waals surface area (Å²) in [5.41, 5.74) is 5.34. The van der Waals surface area contributed by atoms with Crippen LogP contribution in [0.4, 0.5) is 0 Å². The Morgan fingerprint density at radius 2 is 1.43 bits per heavy atom. The number of rotatable bonds is 12. The highest BCUT2D eigenvalue weighted by atomic mass is 17.2. The van der Waals surface area contributed by atoms with Gasteiger partial charge >= 0.3 is 0 Å². The lowest BCUT2D eigenvalue weighted by atomic mass is 9.43. The SMILES string of the molecule is Cc1ccc(COOC2CC3C4CCC(C(C)CCCC(C)C)C4(C)CCC3C3(C)CCC(C(OO)c4ccc(C)cc4)CC23)cc1. The van der Waals surface area contributed by atoms with Crippen LogP contribution in [-0.4, -0.2) is 11.4 Å². The molecule has 0 saturated heterocycles. The van der Waals surface area contributed by atoms with Gasteiger partial charge in [-0.2, -0.15) is 0 Å². The molecular formula is C43H64O4. The smallest absolute Gasteiger partial charge is 0.120 e. The predicted molar refractivity (Wildman–Crippen MR) is 190 cm³/mol. The van der Waals surface area contributed by atoms with Crippen molar-refractivity contribution in [2.75, 3.05) is 0 Å². The van der Waals surface area contributed by atoms with E-state index in [0.29, 0.717) is 23.9 Å². The number of aryl methyl sites for hydroxylation is 2. The largest absolute Gasteiger partial charge is 0.251 e. The third-order valence-electron chi connectivity index (χ3n) is 14.4. The summed E-state index contributed by atoms with van der Waals surface area (Å²) in [6.07, 6.45) is 13.7. The van der Waals surface area contributed by atoms with Crippen LogP contribution in [0.2, 0.25) is 0 Å². The average Bonchev–Trinajstić information content (AvgIpc) is 3.41. The van der Waals surface area contributed by atoms with Gasteiger partial charge in [0.1, 0.15) is 12.7 Å². The molecule has 11 atom stereocenters. The van der Waals surface area contributed by atoms with Gasteiger partial charge in [-0.25, -0.2) is 14.7 Å². The first-order valence-electron chi connectivity index (χ1n) is 19.2. The Balaban J connectivity index is 1.23. The maximum absolute atomic E-state index is 10.2. The zero-order chi connectivity index (χ0) is 33.3. The van der Waals surface area contributed by atoms with Gasteiger partial charge in [0.2, 0.25) is 0 Å². The van der Waals surface area contributed by atoms with Gasteiger partial charge in [-0.15, -0.1) is 0 Å². The summed E-state index contributed by atoms with van der Waals surface area (Å²) in [5, 5.41) is 10.2. The Hall–Kier alpha value is -1.72. The van der Waals surface area contributed by atoms with Gasteiger partial charge in [0.25, 0.3) is 0 Å². The van der Waals surface area contributed by atoms with E-state index < -0.39 is 0 Å². The molecule has 4 heteroatoms. The van der Waals surface area contributed by atoms with Gasteiger partial charge in [-0.3, -0.25) is 5.26 Å². The van der Waals surface area contributed by atoms with Crippen molar-refractivity contribution in [1.29, 1.82) is 0 Å². The van der Waals surface area contributed by atoms with Crippen molar-refractivity contribution >= 4 is 0 Å². The topological polar surface area (TPSA) is 47.9 Å². The fourth-order valence-corrected chi connectivity index (χ4v) is 11.8. The highest BCUT2D eigenvalue weighted by molar-refractivity contribution is 5.24. The third kappa shape index (κ3) is 7.14. The molecule has 4 fully saturated rings. The normalized spacial score (nSPS) is 36.4. The molecule has 0 heterocycles. The Morgan fingerprint density at radius 1 is 0.766 bits per heavy atom. The maximum atomic E-state index is 10.2. The first-order valence-corrected chi connectivity index (χ1v) is 19.2. The molecule has 4 nitrogen and oxygen atoms in total. The zero-order valence-corrected chi connectivity index (χ0v) is 30.5. The van der Waals surface area contributed by atoms with Crippen molar-refractivity contribution in [2.45, 2.75) is 138 Å². The molecule has 47 heavy (non-hydrogen) atoms.